The van der Waals surface area contributed by atoms with Crippen LogP contribution in [0.3, 0.4) is 0 Å². The minimum atomic E-state index is -0.822. The smallest absolute Gasteiger partial charge is 0.226 e. The van der Waals surface area contributed by atoms with E-state index in [4.69, 9.17) is 0 Å². The lowest BCUT2D eigenvalue weighted by Gasteiger charge is -2.53. The number of carbonyl (C=O) groups is 1. The van der Waals surface area contributed by atoms with Crippen molar-refractivity contribution in [3.8, 4) is 0 Å². The number of nitrogens with zero attached hydrogens (tertiary/aromatic N) is 4. The number of hydrogen-bond donors (Lipinski definition) is 1. The molecule has 3 fully saturated rings. The van der Waals surface area contributed by atoms with Crippen LogP contribution in [-0.2, 0) is 10.4 Å². The summed E-state index contributed by atoms with van der Waals surface area (Å²) in [6, 6.07) is 12.1. The summed E-state index contributed by atoms with van der Waals surface area (Å²) in [5.41, 5.74) is 0.187. The number of carbonyl (C=O) groups excluding carboxylic acids is 1. The first-order valence-corrected chi connectivity index (χ1v) is 11.8. The Kier molecular flexibility index (Phi) is 5.65. The summed E-state index contributed by atoms with van der Waals surface area (Å²) in [7, 11) is 0. The molecule has 3 atom stereocenters. The molecule has 2 saturated heterocycles. The monoisotopic (exact) mass is 420 g/mol. The Balaban J connectivity index is 1.29. The third kappa shape index (κ3) is 3.82. The number of likely N-dealkylation sites (tertiary alicyclic amines) is 1. The Hall–Kier alpha value is -2.47. The fourth-order valence-corrected chi connectivity index (χ4v) is 6.06. The molecule has 3 aliphatic rings. The Labute approximate surface area is 184 Å². The van der Waals surface area contributed by atoms with E-state index in [9.17, 15) is 9.90 Å². The molecule has 1 amide bonds. The summed E-state index contributed by atoms with van der Waals surface area (Å²) in [6.07, 6.45) is 10.1. The van der Waals surface area contributed by atoms with Crippen molar-refractivity contribution in [1.82, 2.24) is 14.9 Å². The van der Waals surface area contributed by atoms with Crippen LogP contribution in [0.4, 0.5) is 5.95 Å². The number of aromatic nitrogens is 2. The van der Waals surface area contributed by atoms with Crippen molar-refractivity contribution in [1.29, 1.82) is 0 Å². The second kappa shape index (κ2) is 8.58. The number of piperidine rings is 2. The number of fused-ring (bicyclic) bond motifs is 1. The van der Waals surface area contributed by atoms with E-state index in [0.717, 1.165) is 63.1 Å². The number of rotatable bonds is 3. The number of amides is 1. The average molecular weight is 421 g/mol. The molecule has 0 bridgehead atoms. The lowest BCUT2D eigenvalue weighted by Crippen LogP contribution is -2.60. The van der Waals surface area contributed by atoms with Gasteiger partial charge in [0, 0.05) is 49.9 Å². The van der Waals surface area contributed by atoms with Gasteiger partial charge in [0.2, 0.25) is 11.9 Å². The second-order valence-corrected chi connectivity index (χ2v) is 9.34. The van der Waals surface area contributed by atoms with E-state index in [-0.39, 0.29) is 17.9 Å². The van der Waals surface area contributed by atoms with Crippen molar-refractivity contribution in [3.05, 3.63) is 54.4 Å². The lowest BCUT2D eigenvalue weighted by molar-refractivity contribution is -0.159. The fraction of sp³-hybridized carbons (Fsp3) is 0.560. The molecule has 2 aromatic rings. The molecule has 164 valence electrons. The molecule has 1 saturated carbocycles. The van der Waals surface area contributed by atoms with E-state index < -0.39 is 5.60 Å². The third-order valence-corrected chi connectivity index (χ3v) is 7.71. The first-order chi connectivity index (χ1) is 15.2. The minimum absolute atomic E-state index is 0.0606. The van der Waals surface area contributed by atoms with Crippen LogP contribution in [0.5, 0.6) is 0 Å². The quantitative estimate of drug-likeness (QED) is 0.824. The normalized spacial score (nSPS) is 29.5. The van der Waals surface area contributed by atoms with Crippen LogP contribution in [0.25, 0.3) is 0 Å². The van der Waals surface area contributed by atoms with Gasteiger partial charge in [0.05, 0.1) is 5.60 Å². The zero-order valence-electron chi connectivity index (χ0n) is 18.1. The second-order valence-electron chi connectivity index (χ2n) is 9.34. The van der Waals surface area contributed by atoms with Gasteiger partial charge in [-0.3, -0.25) is 4.79 Å². The fourth-order valence-electron chi connectivity index (χ4n) is 6.06. The third-order valence-electron chi connectivity index (χ3n) is 7.71. The van der Waals surface area contributed by atoms with Crippen LogP contribution in [-0.4, -0.2) is 51.6 Å². The van der Waals surface area contributed by atoms with Crippen molar-refractivity contribution in [2.75, 3.05) is 24.5 Å². The van der Waals surface area contributed by atoms with Crippen molar-refractivity contribution in [2.45, 2.75) is 56.6 Å². The highest BCUT2D eigenvalue weighted by molar-refractivity contribution is 5.79. The van der Waals surface area contributed by atoms with Crippen LogP contribution in [0, 0.1) is 11.8 Å². The number of anilines is 1. The Morgan fingerprint density at radius 2 is 1.65 bits per heavy atom. The highest BCUT2D eigenvalue weighted by Gasteiger charge is 2.50. The summed E-state index contributed by atoms with van der Waals surface area (Å²) in [6.45, 7) is 2.28. The minimum Gasteiger partial charge on any atom is -0.385 e. The summed E-state index contributed by atoms with van der Waals surface area (Å²) < 4.78 is 0. The largest absolute Gasteiger partial charge is 0.385 e. The van der Waals surface area contributed by atoms with Crippen molar-refractivity contribution in [3.63, 3.8) is 0 Å². The molecule has 1 aliphatic carbocycles. The highest BCUT2D eigenvalue weighted by atomic mass is 16.3. The van der Waals surface area contributed by atoms with Gasteiger partial charge in [-0.15, -0.1) is 0 Å². The van der Waals surface area contributed by atoms with E-state index in [1.165, 1.54) is 0 Å². The highest BCUT2D eigenvalue weighted by Crippen LogP contribution is 2.47. The Morgan fingerprint density at radius 1 is 0.935 bits per heavy atom. The molecule has 6 heteroatoms. The standard InChI is InChI=1S/C25H32N4O2/c30-23(19-11-16-28(17-12-19)24-26-14-6-15-27-24)29-18-13-25(31,20-7-2-1-3-8-20)21-9-4-5-10-22(21)29/h1-3,6-8,14-15,19,21-22,31H,4-5,9-13,16-18H2/t21-,22?,25-/m1/s1. The van der Waals surface area contributed by atoms with Crippen LogP contribution in [0.2, 0.25) is 0 Å². The summed E-state index contributed by atoms with van der Waals surface area (Å²) in [5.74, 6) is 1.23. The first-order valence-electron chi connectivity index (χ1n) is 11.8. The van der Waals surface area contributed by atoms with Crippen molar-refractivity contribution in [2.24, 2.45) is 11.8 Å². The van der Waals surface area contributed by atoms with E-state index in [1.807, 2.05) is 36.4 Å². The van der Waals surface area contributed by atoms with Gasteiger partial charge < -0.3 is 14.9 Å². The molecule has 1 N–H and O–H groups in total. The average Bonchev–Trinajstić information content (AvgIpc) is 2.85. The predicted octanol–water partition coefficient (Wildman–Crippen LogP) is 3.37. The molecular weight excluding hydrogens is 388 g/mol. The molecule has 2 aliphatic heterocycles. The molecule has 1 aromatic heterocycles. The van der Waals surface area contributed by atoms with Crippen LogP contribution in [0.15, 0.2) is 48.8 Å². The van der Waals surface area contributed by atoms with Gasteiger partial charge in [0.15, 0.2) is 0 Å². The number of hydrogen-bond acceptors (Lipinski definition) is 5. The van der Waals surface area contributed by atoms with Gasteiger partial charge in [-0.2, -0.15) is 0 Å². The van der Waals surface area contributed by atoms with Gasteiger partial charge in [-0.25, -0.2) is 9.97 Å². The van der Waals surface area contributed by atoms with Crippen molar-refractivity contribution >= 4 is 11.9 Å². The van der Waals surface area contributed by atoms with E-state index >= 15 is 0 Å². The van der Waals surface area contributed by atoms with Crippen LogP contribution in [0.1, 0.15) is 50.5 Å². The van der Waals surface area contributed by atoms with Crippen LogP contribution < -0.4 is 4.90 Å². The molecule has 1 unspecified atom stereocenters. The molecular formula is C25H32N4O2. The van der Waals surface area contributed by atoms with Gasteiger partial charge in [0.1, 0.15) is 0 Å². The lowest BCUT2D eigenvalue weighted by atomic mass is 9.66. The zero-order chi connectivity index (χ0) is 21.3. The van der Waals surface area contributed by atoms with E-state index in [2.05, 4.69) is 19.8 Å². The van der Waals surface area contributed by atoms with Crippen LogP contribution >= 0.6 is 0 Å². The van der Waals surface area contributed by atoms with Gasteiger partial charge in [-0.1, -0.05) is 43.2 Å². The molecule has 0 spiro atoms. The number of aliphatic hydroxyl groups is 1. The molecule has 6 nitrogen and oxygen atoms in total. The Morgan fingerprint density at radius 3 is 2.39 bits per heavy atom. The summed E-state index contributed by atoms with van der Waals surface area (Å²) >= 11 is 0. The van der Waals surface area contributed by atoms with E-state index in [0.29, 0.717) is 18.9 Å². The topological polar surface area (TPSA) is 69.6 Å². The zero-order valence-corrected chi connectivity index (χ0v) is 18.1. The number of benzene rings is 1. The summed E-state index contributed by atoms with van der Waals surface area (Å²) in [4.78, 5) is 26.6. The first kappa shape index (κ1) is 20.4. The molecule has 3 heterocycles. The molecule has 31 heavy (non-hydrogen) atoms. The van der Waals surface area contributed by atoms with Gasteiger partial charge in [-0.05, 0) is 43.7 Å². The SMILES string of the molecule is O=C(C1CCN(c2ncccn2)CC1)N1CC[C@@](O)(c2ccccc2)[C@@H]2CCCCC21. The molecule has 5 rings (SSSR count). The molecule has 1 aromatic carbocycles. The maximum Gasteiger partial charge on any atom is 0.226 e. The molecule has 0 radical (unpaired) electrons. The summed E-state index contributed by atoms with van der Waals surface area (Å²) in [5, 5.41) is 11.7. The Bertz CT molecular complexity index is 885. The van der Waals surface area contributed by atoms with Gasteiger partial charge in [0.25, 0.3) is 0 Å². The maximum atomic E-state index is 13.6. The van der Waals surface area contributed by atoms with E-state index in [1.54, 1.807) is 12.4 Å². The van der Waals surface area contributed by atoms with Crippen molar-refractivity contribution < 1.29 is 9.90 Å². The predicted molar refractivity (Wildman–Crippen MR) is 119 cm³/mol. The van der Waals surface area contributed by atoms with Gasteiger partial charge >= 0.3 is 0 Å². The maximum absolute atomic E-state index is 13.6.